The molecule has 0 heterocycles. The van der Waals surface area contributed by atoms with E-state index < -0.39 is 0 Å². The Morgan fingerprint density at radius 1 is 0.674 bits per heavy atom. The van der Waals surface area contributed by atoms with Crippen molar-refractivity contribution in [1.29, 1.82) is 0 Å². The quantitative estimate of drug-likeness (QED) is 0.133. The van der Waals surface area contributed by atoms with Crippen LogP contribution in [-0.4, -0.2) is 38.1 Å². The third-order valence-electron chi connectivity index (χ3n) is 7.97. The third-order valence-corrected chi connectivity index (χ3v) is 8.22. The van der Waals surface area contributed by atoms with Crippen LogP contribution in [0, 0.1) is 0 Å². The molecule has 0 unspecified atom stereocenters. The van der Waals surface area contributed by atoms with Crippen molar-refractivity contribution in [3.05, 3.63) is 143 Å². The number of fused-ring (bicyclic) bond motifs is 1. The van der Waals surface area contributed by atoms with Crippen molar-refractivity contribution in [1.82, 2.24) is 16.0 Å². The van der Waals surface area contributed by atoms with E-state index in [-0.39, 0.29) is 18.0 Å². The number of likely N-dealkylation sites (N-methyl/N-ethyl adjacent to an activating group) is 1. The number of hydrogen-bond donors (Lipinski definition) is 3. The SMILES string of the molecule is CCc1ccc(-c2ccc(C(=O)N[C@H](CN[C@H](CNC)Cc3ccc(Cl)cc3)Cc3ccc4ccccc4c3)cc2)cc1. The zero-order valence-electron chi connectivity index (χ0n) is 24.9. The lowest BCUT2D eigenvalue weighted by atomic mass is 9.99. The molecular weight excluding hydrogens is 550 g/mol. The molecule has 5 aromatic rings. The summed E-state index contributed by atoms with van der Waals surface area (Å²) in [6, 6.07) is 39.6. The smallest absolute Gasteiger partial charge is 0.251 e. The van der Waals surface area contributed by atoms with E-state index in [0.29, 0.717) is 12.1 Å². The second kappa shape index (κ2) is 15.0. The first kappa shape index (κ1) is 30.5. The number of rotatable bonds is 13. The minimum atomic E-state index is -0.0977. The highest BCUT2D eigenvalue weighted by atomic mass is 35.5. The number of hydrogen-bond acceptors (Lipinski definition) is 3. The average molecular weight is 590 g/mol. The highest BCUT2D eigenvalue weighted by Crippen LogP contribution is 2.21. The van der Waals surface area contributed by atoms with Crippen LogP contribution in [0.1, 0.15) is 34.0 Å². The second-order valence-electron chi connectivity index (χ2n) is 11.2. The lowest BCUT2D eigenvalue weighted by Gasteiger charge is -2.25. The van der Waals surface area contributed by atoms with Crippen LogP contribution in [0.2, 0.25) is 5.02 Å². The van der Waals surface area contributed by atoms with Crippen molar-refractivity contribution in [3.63, 3.8) is 0 Å². The molecule has 0 radical (unpaired) electrons. The van der Waals surface area contributed by atoms with E-state index in [2.05, 4.69) is 102 Å². The number of halogens is 1. The Bertz CT molecular complexity index is 1610. The van der Waals surface area contributed by atoms with Gasteiger partial charge < -0.3 is 16.0 Å². The summed E-state index contributed by atoms with van der Waals surface area (Å²) in [4.78, 5) is 13.5. The summed E-state index contributed by atoms with van der Waals surface area (Å²) in [7, 11) is 1.96. The molecule has 0 fully saturated rings. The molecule has 3 N–H and O–H groups in total. The molecule has 43 heavy (non-hydrogen) atoms. The number of nitrogens with one attached hydrogen (secondary N) is 3. The van der Waals surface area contributed by atoms with Crippen molar-refractivity contribution >= 4 is 28.3 Å². The first-order valence-corrected chi connectivity index (χ1v) is 15.5. The lowest BCUT2D eigenvalue weighted by Crippen LogP contribution is -2.48. The van der Waals surface area contributed by atoms with Crippen molar-refractivity contribution in [3.8, 4) is 11.1 Å². The van der Waals surface area contributed by atoms with Crippen LogP contribution in [0.3, 0.4) is 0 Å². The zero-order chi connectivity index (χ0) is 30.0. The van der Waals surface area contributed by atoms with Gasteiger partial charge in [0.05, 0.1) is 0 Å². The predicted molar refractivity (Wildman–Crippen MR) is 181 cm³/mol. The highest BCUT2D eigenvalue weighted by molar-refractivity contribution is 6.30. The van der Waals surface area contributed by atoms with Gasteiger partial charge in [0.2, 0.25) is 0 Å². The van der Waals surface area contributed by atoms with Crippen LogP contribution in [-0.2, 0) is 19.3 Å². The van der Waals surface area contributed by atoms with E-state index in [4.69, 9.17) is 11.6 Å². The molecule has 0 aliphatic heterocycles. The van der Waals surface area contributed by atoms with Crippen molar-refractivity contribution in [2.45, 2.75) is 38.3 Å². The summed E-state index contributed by atoms with van der Waals surface area (Å²) in [5, 5.41) is 13.5. The lowest BCUT2D eigenvalue weighted by molar-refractivity contribution is 0.0935. The second-order valence-corrected chi connectivity index (χ2v) is 11.6. The molecule has 220 valence electrons. The normalized spacial score (nSPS) is 12.6. The standard InChI is InChI=1S/C38H40ClN3O/c1-3-27-8-13-31(14-9-27)32-16-18-33(19-17-32)38(43)42-37(24-29-10-15-30-6-4-5-7-34(30)22-29)26-41-36(25-40-2)23-28-11-20-35(39)21-12-28/h4-22,36-37,40-41H,3,23-26H2,1-2H3,(H,42,43)/t36-,37-/m0/s1. The maximum absolute atomic E-state index is 13.5. The fourth-order valence-corrected chi connectivity index (χ4v) is 5.64. The van der Waals surface area contributed by atoms with Gasteiger partial charge in [-0.25, -0.2) is 0 Å². The van der Waals surface area contributed by atoms with Gasteiger partial charge in [0.25, 0.3) is 5.91 Å². The van der Waals surface area contributed by atoms with Crippen LogP contribution < -0.4 is 16.0 Å². The van der Waals surface area contributed by atoms with Crippen LogP contribution in [0.5, 0.6) is 0 Å². The van der Waals surface area contributed by atoms with Gasteiger partial charge in [-0.1, -0.05) is 110 Å². The van der Waals surface area contributed by atoms with Crippen LogP contribution in [0.25, 0.3) is 21.9 Å². The van der Waals surface area contributed by atoms with Crippen molar-refractivity contribution in [2.24, 2.45) is 0 Å². The molecule has 0 saturated heterocycles. The molecule has 0 aliphatic rings. The summed E-state index contributed by atoms with van der Waals surface area (Å²) in [6.07, 6.45) is 2.60. The van der Waals surface area contributed by atoms with Crippen LogP contribution in [0.4, 0.5) is 0 Å². The van der Waals surface area contributed by atoms with Gasteiger partial charge in [0.15, 0.2) is 0 Å². The van der Waals surface area contributed by atoms with Gasteiger partial charge in [-0.05, 0) is 89.2 Å². The van der Waals surface area contributed by atoms with Crippen LogP contribution >= 0.6 is 11.6 Å². The minimum Gasteiger partial charge on any atom is -0.348 e. The Kier molecular flexibility index (Phi) is 10.6. The summed E-state index contributed by atoms with van der Waals surface area (Å²) in [5.74, 6) is -0.0664. The zero-order valence-corrected chi connectivity index (χ0v) is 25.7. The van der Waals surface area contributed by atoms with Crippen LogP contribution in [0.15, 0.2) is 115 Å². The third kappa shape index (κ3) is 8.55. The summed E-state index contributed by atoms with van der Waals surface area (Å²) in [5.41, 5.74) is 6.64. The van der Waals surface area contributed by atoms with Gasteiger partial charge in [0, 0.05) is 35.8 Å². The molecule has 0 aliphatic carbocycles. The Morgan fingerprint density at radius 2 is 1.28 bits per heavy atom. The maximum Gasteiger partial charge on any atom is 0.251 e. The molecule has 5 rings (SSSR count). The molecule has 5 heteroatoms. The molecule has 0 bridgehead atoms. The number of amides is 1. The number of aryl methyl sites for hydroxylation is 1. The molecule has 4 nitrogen and oxygen atoms in total. The van der Waals surface area contributed by atoms with E-state index >= 15 is 0 Å². The molecule has 0 saturated carbocycles. The fourth-order valence-electron chi connectivity index (χ4n) is 5.52. The summed E-state index contributed by atoms with van der Waals surface area (Å²) >= 11 is 6.11. The van der Waals surface area contributed by atoms with Gasteiger partial charge in [-0.15, -0.1) is 0 Å². The highest BCUT2D eigenvalue weighted by Gasteiger charge is 2.18. The molecule has 0 spiro atoms. The van der Waals surface area contributed by atoms with E-state index in [9.17, 15) is 4.79 Å². The molecule has 2 atom stereocenters. The Balaban J connectivity index is 1.31. The Labute approximate surface area is 260 Å². The first-order chi connectivity index (χ1) is 21.0. The van der Waals surface area contributed by atoms with E-state index in [1.807, 2.05) is 43.4 Å². The number of carbonyl (C=O) groups excluding carboxylic acids is 1. The average Bonchev–Trinajstić information content (AvgIpc) is 3.04. The Hall–Kier alpha value is -3.96. The van der Waals surface area contributed by atoms with Gasteiger partial charge in [0.1, 0.15) is 0 Å². The van der Waals surface area contributed by atoms with Gasteiger partial charge >= 0.3 is 0 Å². The molecular formula is C38H40ClN3O. The topological polar surface area (TPSA) is 53.2 Å². The summed E-state index contributed by atoms with van der Waals surface area (Å²) in [6.45, 7) is 3.60. The van der Waals surface area contributed by atoms with Crippen molar-refractivity contribution < 1.29 is 4.79 Å². The van der Waals surface area contributed by atoms with E-state index in [1.165, 1.54) is 27.5 Å². The van der Waals surface area contributed by atoms with E-state index in [0.717, 1.165) is 42.0 Å². The van der Waals surface area contributed by atoms with Crippen molar-refractivity contribution in [2.75, 3.05) is 20.1 Å². The van der Waals surface area contributed by atoms with Gasteiger partial charge in [-0.3, -0.25) is 4.79 Å². The number of benzene rings is 5. The molecule has 1 amide bonds. The first-order valence-electron chi connectivity index (χ1n) is 15.1. The predicted octanol–water partition coefficient (Wildman–Crippen LogP) is 7.48. The monoisotopic (exact) mass is 589 g/mol. The fraction of sp³-hybridized carbons (Fsp3) is 0.237. The largest absolute Gasteiger partial charge is 0.348 e. The summed E-state index contributed by atoms with van der Waals surface area (Å²) < 4.78 is 0. The van der Waals surface area contributed by atoms with E-state index in [1.54, 1.807) is 0 Å². The minimum absolute atomic E-state index is 0.0664. The maximum atomic E-state index is 13.5. The molecule has 5 aromatic carbocycles. The Morgan fingerprint density at radius 3 is 1.95 bits per heavy atom. The number of carbonyl (C=O) groups is 1. The van der Waals surface area contributed by atoms with Gasteiger partial charge in [-0.2, -0.15) is 0 Å². The molecule has 0 aromatic heterocycles.